The average Bonchev–Trinajstić information content (AvgIpc) is 2.69. The first-order valence-electron chi connectivity index (χ1n) is 6.92. The minimum Gasteiger partial charge on any atom is -0.334 e. The van der Waals surface area contributed by atoms with Crippen LogP contribution >= 0.6 is 10.7 Å². The van der Waals surface area contributed by atoms with Crippen molar-refractivity contribution in [2.75, 3.05) is 6.54 Å². The second-order valence-corrected chi connectivity index (χ2v) is 8.76. The summed E-state index contributed by atoms with van der Waals surface area (Å²) in [6.45, 7) is 8.23. The van der Waals surface area contributed by atoms with Crippen LogP contribution in [0.25, 0.3) is 0 Å². The third kappa shape index (κ3) is 3.09. The average molecular weight is 330 g/mol. The molecule has 1 aromatic rings. The van der Waals surface area contributed by atoms with Gasteiger partial charge in [-0.1, -0.05) is 0 Å². The zero-order valence-electron chi connectivity index (χ0n) is 12.7. The lowest BCUT2D eigenvalue weighted by Gasteiger charge is -2.32. The van der Waals surface area contributed by atoms with Gasteiger partial charge in [-0.3, -0.25) is 4.79 Å². The predicted molar refractivity (Wildman–Crippen MR) is 83.3 cm³/mol. The van der Waals surface area contributed by atoms with Crippen LogP contribution in [0.1, 0.15) is 48.2 Å². The topological polar surface area (TPSA) is 54.5 Å². The van der Waals surface area contributed by atoms with Crippen LogP contribution in [0.15, 0.2) is 17.0 Å². The van der Waals surface area contributed by atoms with E-state index in [2.05, 4.69) is 0 Å². The van der Waals surface area contributed by atoms with Crippen LogP contribution in [0, 0.1) is 13.8 Å². The summed E-state index contributed by atoms with van der Waals surface area (Å²) >= 11 is 0. The van der Waals surface area contributed by atoms with Crippen molar-refractivity contribution in [2.24, 2.45) is 0 Å². The molecule has 0 unspecified atom stereocenters. The SMILES string of the molecule is Cc1cc(C(=O)N2CCCC2(C)C)cc(S(=O)(=O)Cl)c1C. The van der Waals surface area contributed by atoms with E-state index in [1.165, 1.54) is 6.07 Å². The summed E-state index contributed by atoms with van der Waals surface area (Å²) < 4.78 is 23.3. The van der Waals surface area contributed by atoms with E-state index in [9.17, 15) is 13.2 Å². The molecule has 0 aromatic heterocycles. The zero-order valence-corrected chi connectivity index (χ0v) is 14.3. The van der Waals surface area contributed by atoms with Gasteiger partial charge in [0.1, 0.15) is 0 Å². The van der Waals surface area contributed by atoms with Crippen LogP contribution in [0.2, 0.25) is 0 Å². The molecular formula is C15H20ClNO3S. The molecular weight excluding hydrogens is 310 g/mol. The summed E-state index contributed by atoms with van der Waals surface area (Å²) in [5, 5.41) is 0. The smallest absolute Gasteiger partial charge is 0.261 e. The predicted octanol–water partition coefficient (Wildman–Crippen LogP) is 3.25. The molecule has 1 aromatic carbocycles. The lowest BCUT2D eigenvalue weighted by atomic mass is 10.00. The van der Waals surface area contributed by atoms with Crippen molar-refractivity contribution in [3.63, 3.8) is 0 Å². The number of hydrogen-bond donors (Lipinski definition) is 0. The van der Waals surface area contributed by atoms with Crippen molar-refractivity contribution in [3.8, 4) is 0 Å². The van der Waals surface area contributed by atoms with Crippen LogP contribution in [0.3, 0.4) is 0 Å². The highest BCUT2D eigenvalue weighted by atomic mass is 35.7. The molecule has 0 atom stereocenters. The molecule has 0 saturated carbocycles. The first kappa shape index (κ1) is 16.3. The quantitative estimate of drug-likeness (QED) is 0.783. The Labute approximate surface area is 130 Å². The van der Waals surface area contributed by atoms with Gasteiger partial charge >= 0.3 is 0 Å². The molecule has 6 heteroatoms. The van der Waals surface area contributed by atoms with E-state index < -0.39 is 9.05 Å². The van der Waals surface area contributed by atoms with Gasteiger partial charge in [-0.15, -0.1) is 0 Å². The lowest BCUT2D eigenvalue weighted by Crippen LogP contribution is -2.42. The highest BCUT2D eigenvalue weighted by Gasteiger charge is 2.36. The van der Waals surface area contributed by atoms with E-state index in [0.717, 1.165) is 18.4 Å². The van der Waals surface area contributed by atoms with Crippen LogP contribution in [-0.4, -0.2) is 31.3 Å². The second-order valence-electron chi connectivity index (χ2n) is 6.23. The molecule has 0 N–H and O–H groups in total. The van der Waals surface area contributed by atoms with Crippen molar-refractivity contribution in [3.05, 3.63) is 28.8 Å². The Balaban J connectivity index is 2.51. The third-order valence-electron chi connectivity index (χ3n) is 4.28. The minimum atomic E-state index is -3.86. The monoisotopic (exact) mass is 329 g/mol. The number of nitrogens with zero attached hydrogens (tertiary/aromatic N) is 1. The Kier molecular flexibility index (Phi) is 4.10. The summed E-state index contributed by atoms with van der Waals surface area (Å²) in [4.78, 5) is 14.5. The Morgan fingerprint density at radius 1 is 1.29 bits per heavy atom. The van der Waals surface area contributed by atoms with E-state index >= 15 is 0 Å². The van der Waals surface area contributed by atoms with Gasteiger partial charge in [0.2, 0.25) is 0 Å². The Morgan fingerprint density at radius 3 is 2.38 bits per heavy atom. The van der Waals surface area contributed by atoms with Gasteiger partial charge in [0.15, 0.2) is 0 Å². The van der Waals surface area contributed by atoms with Crippen molar-refractivity contribution in [2.45, 2.75) is 51.0 Å². The van der Waals surface area contributed by atoms with Gasteiger partial charge in [0.05, 0.1) is 4.90 Å². The number of aryl methyl sites for hydroxylation is 1. The molecule has 0 radical (unpaired) electrons. The van der Waals surface area contributed by atoms with Gasteiger partial charge in [-0.25, -0.2) is 8.42 Å². The van der Waals surface area contributed by atoms with Gasteiger partial charge in [0.25, 0.3) is 15.0 Å². The molecule has 21 heavy (non-hydrogen) atoms. The molecule has 1 aliphatic heterocycles. The minimum absolute atomic E-state index is 0.0181. The van der Waals surface area contributed by atoms with Gasteiger partial charge < -0.3 is 4.90 Å². The van der Waals surface area contributed by atoms with Crippen LogP contribution in [0.4, 0.5) is 0 Å². The number of carbonyl (C=O) groups excluding carboxylic acids is 1. The first-order valence-corrected chi connectivity index (χ1v) is 9.23. The first-order chi connectivity index (χ1) is 9.54. The third-order valence-corrected chi connectivity index (χ3v) is 5.72. The molecule has 116 valence electrons. The van der Waals surface area contributed by atoms with Crippen molar-refractivity contribution in [1.82, 2.24) is 4.90 Å². The molecule has 0 spiro atoms. The normalized spacial score (nSPS) is 18.0. The molecule has 1 amide bonds. The van der Waals surface area contributed by atoms with Crippen LogP contribution in [-0.2, 0) is 9.05 Å². The van der Waals surface area contributed by atoms with Crippen molar-refractivity contribution in [1.29, 1.82) is 0 Å². The second kappa shape index (κ2) is 5.29. The lowest BCUT2D eigenvalue weighted by molar-refractivity contribution is 0.0651. The molecule has 2 rings (SSSR count). The van der Waals surface area contributed by atoms with Crippen LogP contribution < -0.4 is 0 Å². The summed E-state index contributed by atoms with van der Waals surface area (Å²) in [7, 11) is 1.61. The van der Waals surface area contributed by atoms with E-state index in [1.54, 1.807) is 19.9 Å². The standard InChI is InChI=1S/C15H20ClNO3S/c1-10-8-12(9-13(11(10)2)21(16,19)20)14(18)17-7-5-6-15(17,3)4/h8-9H,5-7H2,1-4H3. The van der Waals surface area contributed by atoms with E-state index in [0.29, 0.717) is 17.7 Å². The van der Waals surface area contributed by atoms with Crippen molar-refractivity contribution >= 4 is 25.6 Å². The maximum absolute atomic E-state index is 12.7. The molecule has 4 nitrogen and oxygen atoms in total. The number of benzene rings is 1. The fourth-order valence-electron chi connectivity index (χ4n) is 2.84. The number of halogens is 1. The molecule has 0 aliphatic carbocycles. The summed E-state index contributed by atoms with van der Waals surface area (Å²) in [5.41, 5.74) is 1.52. The van der Waals surface area contributed by atoms with Gasteiger partial charge in [0, 0.05) is 28.3 Å². The molecule has 1 fully saturated rings. The fourth-order valence-corrected chi connectivity index (χ4v) is 4.12. The summed E-state index contributed by atoms with van der Waals surface area (Å²) in [5.74, 6) is -0.137. The molecule has 1 heterocycles. The van der Waals surface area contributed by atoms with E-state index in [4.69, 9.17) is 10.7 Å². The maximum Gasteiger partial charge on any atom is 0.261 e. The number of likely N-dealkylation sites (tertiary alicyclic amines) is 1. The molecule has 1 aliphatic rings. The Morgan fingerprint density at radius 2 is 1.90 bits per heavy atom. The number of carbonyl (C=O) groups is 1. The van der Waals surface area contributed by atoms with E-state index in [-0.39, 0.29) is 16.3 Å². The number of rotatable bonds is 2. The summed E-state index contributed by atoms with van der Waals surface area (Å²) in [6.07, 6.45) is 1.91. The Hall–Kier alpha value is -1.07. The number of hydrogen-bond acceptors (Lipinski definition) is 3. The fraction of sp³-hybridized carbons (Fsp3) is 0.533. The van der Waals surface area contributed by atoms with Crippen molar-refractivity contribution < 1.29 is 13.2 Å². The molecule has 0 bridgehead atoms. The molecule has 1 saturated heterocycles. The van der Waals surface area contributed by atoms with Gasteiger partial charge in [-0.05, 0) is 63.8 Å². The van der Waals surface area contributed by atoms with Gasteiger partial charge in [-0.2, -0.15) is 0 Å². The maximum atomic E-state index is 12.7. The Bertz CT molecular complexity index is 695. The highest BCUT2D eigenvalue weighted by molar-refractivity contribution is 8.13. The largest absolute Gasteiger partial charge is 0.334 e. The highest BCUT2D eigenvalue weighted by Crippen LogP contribution is 2.31. The number of amides is 1. The zero-order chi connectivity index (χ0) is 16.0. The summed E-state index contributed by atoms with van der Waals surface area (Å²) in [6, 6.07) is 3.12. The van der Waals surface area contributed by atoms with Crippen LogP contribution in [0.5, 0.6) is 0 Å². The van der Waals surface area contributed by atoms with E-state index in [1.807, 2.05) is 18.7 Å².